The van der Waals surface area contributed by atoms with E-state index in [0.717, 1.165) is 38.8 Å². The van der Waals surface area contributed by atoms with Gasteiger partial charge in [0.1, 0.15) is 5.60 Å². The standard InChI is InChI=1S/C15H30N2O2/c1-14(2,3)19-13(18)17-11-12(8-6-7-9-16)10-15(17,4)5/h12H,6-11,16H2,1-5H3. The zero-order valence-electron chi connectivity index (χ0n) is 13.2. The highest BCUT2D eigenvalue weighted by atomic mass is 16.6. The van der Waals surface area contributed by atoms with Crippen LogP contribution in [0.2, 0.25) is 0 Å². The van der Waals surface area contributed by atoms with Crippen LogP contribution >= 0.6 is 0 Å². The Labute approximate surface area is 117 Å². The fourth-order valence-corrected chi connectivity index (χ4v) is 2.80. The van der Waals surface area contributed by atoms with E-state index in [4.69, 9.17) is 10.5 Å². The number of hydrogen-bond acceptors (Lipinski definition) is 3. The third-order valence-electron chi connectivity index (χ3n) is 3.64. The molecular formula is C15H30N2O2. The molecule has 1 atom stereocenters. The van der Waals surface area contributed by atoms with Crippen molar-refractivity contribution in [3.05, 3.63) is 0 Å². The quantitative estimate of drug-likeness (QED) is 0.798. The van der Waals surface area contributed by atoms with Crippen molar-refractivity contribution in [3.8, 4) is 0 Å². The molecule has 0 saturated carbocycles. The van der Waals surface area contributed by atoms with Crippen LogP contribution in [0.1, 0.15) is 60.3 Å². The summed E-state index contributed by atoms with van der Waals surface area (Å²) in [5, 5.41) is 0. The molecule has 1 saturated heterocycles. The van der Waals surface area contributed by atoms with Gasteiger partial charge in [0.25, 0.3) is 0 Å². The monoisotopic (exact) mass is 270 g/mol. The number of unbranched alkanes of at least 4 members (excludes halogenated alkanes) is 1. The van der Waals surface area contributed by atoms with Gasteiger partial charge in [0, 0.05) is 12.1 Å². The Morgan fingerprint density at radius 3 is 2.53 bits per heavy atom. The van der Waals surface area contributed by atoms with Gasteiger partial charge in [-0.3, -0.25) is 0 Å². The van der Waals surface area contributed by atoms with Crippen LogP contribution in [0, 0.1) is 5.92 Å². The SMILES string of the molecule is CC(C)(C)OC(=O)N1CC(CCCCN)CC1(C)C. The number of carbonyl (C=O) groups is 1. The van der Waals surface area contributed by atoms with Gasteiger partial charge in [0.2, 0.25) is 0 Å². The van der Waals surface area contributed by atoms with Crippen LogP contribution in [-0.4, -0.2) is 35.2 Å². The van der Waals surface area contributed by atoms with Gasteiger partial charge >= 0.3 is 6.09 Å². The predicted molar refractivity (Wildman–Crippen MR) is 78.0 cm³/mol. The summed E-state index contributed by atoms with van der Waals surface area (Å²) in [6.07, 6.45) is 4.25. The summed E-state index contributed by atoms with van der Waals surface area (Å²) >= 11 is 0. The topological polar surface area (TPSA) is 55.6 Å². The van der Waals surface area contributed by atoms with Gasteiger partial charge in [0.05, 0.1) is 0 Å². The molecule has 1 amide bonds. The molecule has 1 aliphatic heterocycles. The number of amides is 1. The van der Waals surface area contributed by atoms with Crippen molar-refractivity contribution in [1.82, 2.24) is 4.90 Å². The Hall–Kier alpha value is -0.770. The van der Waals surface area contributed by atoms with Gasteiger partial charge in [-0.1, -0.05) is 6.42 Å². The van der Waals surface area contributed by atoms with E-state index in [0.29, 0.717) is 5.92 Å². The summed E-state index contributed by atoms with van der Waals surface area (Å²) in [5.41, 5.74) is 5.00. The molecule has 0 aromatic carbocycles. The molecule has 1 rings (SSSR count). The van der Waals surface area contributed by atoms with Gasteiger partial charge in [-0.2, -0.15) is 0 Å². The molecule has 0 bridgehead atoms. The molecule has 0 aromatic heterocycles. The number of carbonyl (C=O) groups excluding carboxylic acids is 1. The minimum Gasteiger partial charge on any atom is -0.444 e. The highest BCUT2D eigenvalue weighted by molar-refractivity contribution is 5.69. The Bertz CT molecular complexity index is 308. The summed E-state index contributed by atoms with van der Waals surface area (Å²) < 4.78 is 5.50. The predicted octanol–water partition coefficient (Wildman–Crippen LogP) is 3.15. The van der Waals surface area contributed by atoms with E-state index in [-0.39, 0.29) is 11.6 Å². The van der Waals surface area contributed by atoms with Crippen molar-refractivity contribution in [3.63, 3.8) is 0 Å². The number of hydrogen-bond donors (Lipinski definition) is 1. The molecule has 1 fully saturated rings. The lowest BCUT2D eigenvalue weighted by atomic mass is 9.93. The summed E-state index contributed by atoms with van der Waals surface area (Å²) in [7, 11) is 0. The summed E-state index contributed by atoms with van der Waals surface area (Å²) in [5.74, 6) is 0.578. The molecule has 1 unspecified atom stereocenters. The summed E-state index contributed by atoms with van der Waals surface area (Å²) in [6, 6.07) is 0. The van der Waals surface area contributed by atoms with Crippen molar-refractivity contribution in [2.75, 3.05) is 13.1 Å². The average molecular weight is 270 g/mol. The highest BCUT2D eigenvalue weighted by Gasteiger charge is 2.42. The maximum absolute atomic E-state index is 12.2. The number of nitrogens with two attached hydrogens (primary N) is 1. The first-order chi connectivity index (χ1) is 8.65. The van der Waals surface area contributed by atoms with Crippen molar-refractivity contribution < 1.29 is 9.53 Å². The molecule has 0 aliphatic carbocycles. The van der Waals surface area contributed by atoms with Crippen LogP contribution in [0.3, 0.4) is 0 Å². The molecular weight excluding hydrogens is 240 g/mol. The molecule has 4 heteroatoms. The summed E-state index contributed by atoms with van der Waals surface area (Å²) in [6.45, 7) is 11.5. The molecule has 0 spiro atoms. The molecule has 0 aromatic rings. The van der Waals surface area contributed by atoms with E-state index in [1.807, 2.05) is 25.7 Å². The van der Waals surface area contributed by atoms with Crippen molar-refractivity contribution in [2.24, 2.45) is 11.7 Å². The number of ether oxygens (including phenoxy) is 1. The first-order valence-corrected chi connectivity index (χ1v) is 7.36. The highest BCUT2D eigenvalue weighted by Crippen LogP contribution is 2.36. The minimum absolute atomic E-state index is 0.101. The lowest BCUT2D eigenvalue weighted by Gasteiger charge is -2.33. The second-order valence-electron chi connectivity index (χ2n) is 7.26. The smallest absolute Gasteiger partial charge is 0.410 e. The Morgan fingerprint density at radius 2 is 2.00 bits per heavy atom. The van der Waals surface area contributed by atoms with Gasteiger partial charge in [-0.15, -0.1) is 0 Å². The maximum atomic E-state index is 12.2. The van der Waals surface area contributed by atoms with E-state index in [2.05, 4.69) is 13.8 Å². The largest absolute Gasteiger partial charge is 0.444 e. The first-order valence-electron chi connectivity index (χ1n) is 7.36. The Kier molecular flexibility index (Phi) is 5.25. The zero-order valence-corrected chi connectivity index (χ0v) is 13.2. The van der Waals surface area contributed by atoms with E-state index in [9.17, 15) is 4.79 Å². The minimum atomic E-state index is -0.426. The zero-order chi connectivity index (χ0) is 14.7. The number of nitrogens with zero attached hydrogens (tertiary/aromatic N) is 1. The molecule has 4 nitrogen and oxygen atoms in total. The molecule has 1 heterocycles. The van der Waals surface area contributed by atoms with E-state index >= 15 is 0 Å². The van der Waals surface area contributed by atoms with Gasteiger partial charge in [0.15, 0.2) is 0 Å². The van der Waals surface area contributed by atoms with Crippen LogP contribution in [0.25, 0.3) is 0 Å². The maximum Gasteiger partial charge on any atom is 0.410 e. The van der Waals surface area contributed by atoms with Gasteiger partial charge in [-0.05, 0) is 66.3 Å². The number of likely N-dealkylation sites (tertiary alicyclic amines) is 1. The molecule has 2 N–H and O–H groups in total. The fraction of sp³-hybridized carbons (Fsp3) is 0.933. The van der Waals surface area contributed by atoms with Crippen molar-refractivity contribution >= 4 is 6.09 Å². The van der Waals surface area contributed by atoms with Crippen LogP contribution in [0.15, 0.2) is 0 Å². The van der Waals surface area contributed by atoms with Crippen molar-refractivity contribution in [2.45, 2.75) is 71.4 Å². The Balaban J connectivity index is 2.56. The second-order valence-corrected chi connectivity index (χ2v) is 7.26. The summed E-state index contributed by atoms with van der Waals surface area (Å²) in [4.78, 5) is 14.1. The third-order valence-corrected chi connectivity index (χ3v) is 3.64. The third kappa shape index (κ3) is 5.01. The van der Waals surface area contributed by atoms with Gasteiger partial charge < -0.3 is 15.4 Å². The Morgan fingerprint density at radius 1 is 1.37 bits per heavy atom. The van der Waals surface area contributed by atoms with Crippen LogP contribution in [0.5, 0.6) is 0 Å². The molecule has 19 heavy (non-hydrogen) atoms. The van der Waals surface area contributed by atoms with E-state index in [1.165, 1.54) is 0 Å². The van der Waals surface area contributed by atoms with Crippen LogP contribution in [0.4, 0.5) is 4.79 Å². The average Bonchev–Trinajstić information content (AvgIpc) is 2.51. The van der Waals surface area contributed by atoms with Gasteiger partial charge in [-0.25, -0.2) is 4.79 Å². The van der Waals surface area contributed by atoms with Crippen LogP contribution in [-0.2, 0) is 4.74 Å². The fourth-order valence-electron chi connectivity index (χ4n) is 2.80. The van der Waals surface area contributed by atoms with Crippen LogP contribution < -0.4 is 5.73 Å². The van der Waals surface area contributed by atoms with Crippen molar-refractivity contribution in [1.29, 1.82) is 0 Å². The normalized spacial score (nSPS) is 22.6. The number of rotatable bonds is 4. The lowest BCUT2D eigenvalue weighted by molar-refractivity contribution is 0.0131. The lowest BCUT2D eigenvalue weighted by Crippen LogP contribution is -2.45. The molecule has 112 valence electrons. The van der Waals surface area contributed by atoms with E-state index < -0.39 is 5.60 Å². The first kappa shape index (κ1) is 16.3. The molecule has 1 aliphatic rings. The van der Waals surface area contributed by atoms with E-state index in [1.54, 1.807) is 0 Å². The molecule has 0 radical (unpaired) electrons. The second kappa shape index (κ2) is 6.12.